The largest absolute Gasteiger partial charge is 0.465 e. The molecule has 0 bridgehead atoms. The van der Waals surface area contributed by atoms with Crippen LogP contribution in [0.25, 0.3) is 6.08 Å². The van der Waals surface area contributed by atoms with Crippen LogP contribution in [0.15, 0.2) is 18.0 Å². The summed E-state index contributed by atoms with van der Waals surface area (Å²) in [7, 11) is 1.50. The molecule has 0 radical (unpaired) electrons. The minimum absolute atomic E-state index is 0.209. The van der Waals surface area contributed by atoms with E-state index in [1.807, 2.05) is 4.90 Å². The van der Waals surface area contributed by atoms with Gasteiger partial charge in [-0.2, -0.15) is 0 Å². The minimum Gasteiger partial charge on any atom is -0.465 e. The van der Waals surface area contributed by atoms with Gasteiger partial charge in [-0.3, -0.25) is 15.0 Å². The molecular weight excluding hydrogens is 316 g/mol. The van der Waals surface area contributed by atoms with Crippen molar-refractivity contribution < 1.29 is 19.5 Å². The second-order valence-corrected chi connectivity index (χ2v) is 5.39. The van der Waals surface area contributed by atoms with E-state index in [-0.39, 0.29) is 5.70 Å². The van der Waals surface area contributed by atoms with Crippen molar-refractivity contribution in [1.29, 1.82) is 0 Å². The fourth-order valence-electron chi connectivity index (χ4n) is 2.50. The molecule has 0 aliphatic carbocycles. The number of imide groups is 1. The lowest BCUT2D eigenvalue weighted by Gasteiger charge is -2.33. The maximum Gasteiger partial charge on any atom is 0.407 e. The Hall–Kier alpha value is -3.17. The molecule has 1 aromatic rings. The summed E-state index contributed by atoms with van der Waals surface area (Å²) in [6.45, 7) is 1.74. The Morgan fingerprint density at radius 2 is 2.00 bits per heavy atom. The molecule has 2 N–H and O–H groups in total. The topological polar surface area (TPSA) is 119 Å². The lowest BCUT2D eigenvalue weighted by Crippen LogP contribution is -2.48. The van der Waals surface area contributed by atoms with Gasteiger partial charge in [-0.1, -0.05) is 0 Å². The highest BCUT2D eigenvalue weighted by Gasteiger charge is 2.30. The maximum absolute atomic E-state index is 11.7. The molecule has 2 aliphatic rings. The standard InChI is InChI=1S/C14H16N6O4/c1-18-10(11(21)17-13(18)22)8-9-2-3-15-12(16-9)19-4-6-20(7-5-19)14(23)24/h2-3,8H,4-7H2,1H3,(H,23,24)(H,17,21,22). The number of rotatable bonds is 2. The van der Waals surface area contributed by atoms with Crippen LogP contribution in [0.2, 0.25) is 0 Å². The summed E-state index contributed by atoms with van der Waals surface area (Å²) >= 11 is 0. The Morgan fingerprint density at radius 1 is 1.29 bits per heavy atom. The van der Waals surface area contributed by atoms with Crippen LogP contribution in [0.5, 0.6) is 0 Å². The van der Waals surface area contributed by atoms with Gasteiger partial charge >= 0.3 is 12.1 Å². The van der Waals surface area contributed by atoms with E-state index in [9.17, 15) is 14.4 Å². The monoisotopic (exact) mass is 332 g/mol. The van der Waals surface area contributed by atoms with Crippen molar-refractivity contribution in [2.75, 3.05) is 38.1 Å². The van der Waals surface area contributed by atoms with E-state index >= 15 is 0 Å². The molecule has 10 nitrogen and oxygen atoms in total. The number of carbonyl (C=O) groups is 3. The number of carbonyl (C=O) groups excluding carboxylic acids is 2. The predicted molar refractivity (Wildman–Crippen MR) is 83.1 cm³/mol. The molecule has 4 amide bonds. The summed E-state index contributed by atoms with van der Waals surface area (Å²) in [4.78, 5) is 47.1. The molecule has 2 aliphatic heterocycles. The van der Waals surface area contributed by atoms with Crippen LogP contribution in [0.3, 0.4) is 0 Å². The molecule has 24 heavy (non-hydrogen) atoms. The molecule has 0 aromatic carbocycles. The van der Waals surface area contributed by atoms with E-state index < -0.39 is 18.0 Å². The first-order valence-electron chi connectivity index (χ1n) is 7.32. The molecule has 10 heteroatoms. The number of likely N-dealkylation sites (N-methyl/N-ethyl adjacent to an activating group) is 1. The molecule has 0 unspecified atom stereocenters. The lowest BCUT2D eigenvalue weighted by atomic mass is 10.3. The number of amides is 4. The number of aromatic nitrogens is 2. The van der Waals surface area contributed by atoms with Crippen molar-refractivity contribution in [3.63, 3.8) is 0 Å². The molecule has 3 heterocycles. The Labute approximate surface area is 137 Å². The van der Waals surface area contributed by atoms with Gasteiger partial charge in [0.2, 0.25) is 5.95 Å². The van der Waals surface area contributed by atoms with Gasteiger partial charge in [-0.05, 0) is 12.1 Å². The van der Waals surface area contributed by atoms with E-state index in [4.69, 9.17) is 5.11 Å². The summed E-state index contributed by atoms with van der Waals surface area (Å²) in [5.74, 6) is -0.0143. The molecule has 2 saturated heterocycles. The molecule has 1 aromatic heterocycles. The zero-order valence-corrected chi connectivity index (χ0v) is 13.0. The number of urea groups is 1. The molecule has 0 saturated carbocycles. The van der Waals surface area contributed by atoms with Gasteiger partial charge in [0.05, 0.1) is 5.69 Å². The van der Waals surface area contributed by atoms with E-state index in [2.05, 4.69) is 15.3 Å². The van der Waals surface area contributed by atoms with Gasteiger partial charge in [-0.25, -0.2) is 19.6 Å². The van der Waals surface area contributed by atoms with Gasteiger partial charge in [0.1, 0.15) is 5.70 Å². The van der Waals surface area contributed by atoms with Crippen molar-refractivity contribution in [2.45, 2.75) is 0 Å². The summed E-state index contributed by atoms with van der Waals surface area (Å²) in [5, 5.41) is 11.2. The fraction of sp³-hybridized carbons (Fsp3) is 0.357. The number of nitrogens with one attached hydrogen (secondary N) is 1. The summed E-state index contributed by atoms with van der Waals surface area (Å²) in [5.41, 5.74) is 0.702. The third-order valence-corrected chi connectivity index (χ3v) is 3.90. The number of carboxylic acid groups (broad SMARTS) is 1. The molecule has 3 rings (SSSR count). The third kappa shape index (κ3) is 2.98. The third-order valence-electron chi connectivity index (χ3n) is 3.90. The molecule has 0 atom stereocenters. The van der Waals surface area contributed by atoms with Crippen LogP contribution in [0.4, 0.5) is 15.5 Å². The quantitative estimate of drug-likeness (QED) is 0.568. The first-order valence-corrected chi connectivity index (χ1v) is 7.32. The van der Waals surface area contributed by atoms with Crippen molar-refractivity contribution in [2.24, 2.45) is 0 Å². The Kier molecular flexibility index (Phi) is 4.02. The van der Waals surface area contributed by atoms with Crippen LogP contribution >= 0.6 is 0 Å². The van der Waals surface area contributed by atoms with E-state index in [0.717, 1.165) is 0 Å². The van der Waals surface area contributed by atoms with E-state index in [1.165, 1.54) is 22.9 Å². The predicted octanol–water partition coefficient (Wildman–Crippen LogP) is -0.201. The van der Waals surface area contributed by atoms with Crippen molar-refractivity contribution in [3.05, 3.63) is 23.7 Å². The second-order valence-electron chi connectivity index (χ2n) is 5.39. The van der Waals surface area contributed by atoms with Crippen LogP contribution < -0.4 is 10.2 Å². The number of anilines is 1. The Bertz CT molecular complexity index is 726. The van der Waals surface area contributed by atoms with Crippen molar-refractivity contribution >= 4 is 30.1 Å². The van der Waals surface area contributed by atoms with E-state index in [1.54, 1.807) is 12.3 Å². The van der Waals surface area contributed by atoms with Crippen molar-refractivity contribution in [3.8, 4) is 0 Å². The van der Waals surface area contributed by atoms with Gasteiger partial charge in [0.15, 0.2) is 0 Å². The highest BCUT2D eigenvalue weighted by molar-refractivity contribution is 6.13. The lowest BCUT2D eigenvalue weighted by molar-refractivity contribution is -0.115. The molecular formula is C14H16N6O4. The average Bonchev–Trinajstić information content (AvgIpc) is 2.81. The first kappa shape index (κ1) is 15.7. The van der Waals surface area contributed by atoms with Crippen LogP contribution in [0, 0.1) is 0 Å². The first-order chi connectivity index (χ1) is 11.5. The van der Waals surface area contributed by atoms with Gasteiger partial charge in [0.25, 0.3) is 5.91 Å². The zero-order chi connectivity index (χ0) is 17.3. The highest BCUT2D eigenvalue weighted by atomic mass is 16.4. The van der Waals surface area contributed by atoms with Gasteiger partial charge in [0, 0.05) is 39.4 Å². The van der Waals surface area contributed by atoms with Crippen molar-refractivity contribution in [1.82, 2.24) is 25.1 Å². The zero-order valence-electron chi connectivity index (χ0n) is 13.0. The van der Waals surface area contributed by atoms with Crippen LogP contribution in [0.1, 0.15) is 5.69 Å². The number of hydrogen-bond acceptors (Lipinski definition) is 6. The number of nitrogens with zero attached hydrogens (tertiary/aromatic N) is 5. The maximum atomic E-state index is 11.7. The van der Waals surface area contributed by atoms with Gasteiger partial charge in [-0.15, -0.1) is 0 Å². The van der Waals surface area contributed by atoms with Crippen LogP contribution in [-0.2, 0) is 4.79 Å². The molecule has 2 fully saturated rings. The Balaban J connectivity index is 1.77. The number of piperazine rings is 1. The van der Waals surface area contributed by atoms with Gasteiger partial charge < -0.3 is 14.9 Å². The minimum atomic E-state index is -0.936. The SMILES string of the molecule is CN1C(=O)NC(=O)C1=Cc1ccnc(N2CCN(C(=O)O)CC2)n1. The smallest absolute Gasteiger partial charge is 0.407 e. The average molecular weight is 332 g/mol. The normalized spacial score (nSPS) is 19.9. The van der Waals surface area contributed by atoms with E-state index in [0.29, 0.717) is 37.8 Å². The number of hydrogen-bond donors (Lipinski definition) is 2. The summed E-state index contributed by atoms with van der Waals surface area (Å²) in [6, 6.07) is 1.15. The molecule has 126 valence electrons. The second kappa shape index (κ2) is 6.14. The summed E-state index contributed by atoms with van der Waals surface area (Å²) < 4.78 is 0. The Morgan fingerprint density at radius 3 is 2.58 bits per heavy atom. The summed E-state index contributed by atoms with van der Waals surface area (Å²) in [6.07, 6.45) is 2.14. The molecule has 0 spiro atoms. The van der Waals surface area contributed by atoms with Crippen LogP contribution in [-0.4, -0.2) is 76.1 Å². The fourth-order valence-corrected chi connectivity index (χ4v) is 2.50. The highest BCUT2D eigenvalue weighted by Crippen LogP contribution is 2.16.